The van der Waals surface area contributed by atoms with Crippen LogP contribution in [0.25, 0.3) is 10.8 Å². The molecule has 0 unspecified atom stereocenters. The first-order valence-corrected chi connectivity index (χ1v) is 14.2. The number of fused-ring (bicyclic) bond motifs is 1. The number of hydrogen-bond acceptors (Lipinski definition) is 7. The third-order valence-electron chi connectivity index (χ3n) is 7.29. The van der Waals surface area contributed by atoms with Gasteiger partial charge in [0.25, 0.3) is 11.7 Å². The molecule has 1 N–H and O–H groups in total. The molecule has 0 saturated carbocycles. The van der Waals surface area contributed by atoms with Crippen molar-refractivity contribution in [1.29, 1.82) is 0 Å². The van der Waals surface area contributed by atoms with Crippen LogP contribution in [-0.4, -0.2) is 68.9 Å². The first-order valence-electron chi connectivity index (χ1n) is 14.2. The van der Waals surface area contributed by atoms with E-state index >= 15 is 0 Å². The number of ketones is 2. The summed E-state index contributed by atoms with van der Waals surface area (Å²) in [5.41, 5.74) is 1.51. The lowest BCUT2D eigenvalue weighted by atomic mass is 9.84. The van der Waals surface area contributed by atoms with Crippen molar-refractivity contribution < 1.29 is 28.6 Å². The van der Waals surface area contributed by atoms with E-state index in [-0.39, 0.29) is 22.5 Å². The Balaban J connectivity index is 1.60. The Bertz CT molecular complexity index is 1420. The molecule has 1 heterocycles. The molecule has 1 fully saturated rings. The fraction of sp³-hybridized carbons (Fsp3) is 0.424. The van der Waals surface area contributed by atoms with Crippen LogP contribution in [0, 0.1) is 0 Å². The number of ether oxygens (including phenoxy) is 3. The summed E-state index contributed by atoms with van der Waals surface area (Å²) in [5.74, 6) is -0.663. The molecule has 8 heteroatoms. The van der Waals surface area contributed by atoms with Gasteiger partial charge >= 0.3 is 0 Å². The zero-order chi connectivity index (χ0) is 29.6. The number of benzene rings is 3. The highest BCUT2D eigenvalue weighted by Crippen LogP contribution is 2.36. The molecule has 4 rings (SSSR count). The Kier molecular flexibility index (Phi) is 9.78. The van der Waals surface area contributed by atoms with Gasteiger partial charge in [-0.3, -0.25) is 19.3 Å². The van der Waals surface area contributed by atoms with Crippen molar-refractivity contribution in [1.82, 2.24) is 4.90 Å². The Morgan fingerprint density at radius 1 is 0.976 bits per heavy atom. The molecule has 0 aliphatic carbocycles. The van der Waals surface area contributed by atoms with Crippen molar-refractivity contribution in [3.8, 4) is 11.5 Å². The summed E-state index contributed by atoms with van der Waals surface area (Å²) >= 11 is 0. The molecule has 1 amide bonds. The van der Waals surface area contributed by atoms with E-state index in [1.807, 2.05) is 58.0 Å². The fourth-order valence-electron chi connectivity index (χ4n) is 4.95. The summed E-state index contributed by atoms with van der Waals surface area (Å²) in [4.78, 5) is 42.1. The van der Waals surface area contributed by atoms with Gasteiger partial charge in [-0.25, -0.2) is 0 Å². The third-order valence-corrected chi connectivity index (χ3v) is 7.29. The molecule has 41 heavy (non-hydrogen) atoms. The number of anilines is 1. The highest BCUT2D eigenvalue weighted by atomic mass is 16.5. The minimum Gasteiger partial charge on any atom is -0.494 e. The van der Waals surface area contributed by atoms with Gasteiger partial charge in [-0.1, -0.05) is 52.0 Å². The number of hydrogen-bond donors (Lipinski definition) is 1. The molecule has 218 valence electrons. The zero-order valence-electron chi connectivity index (χ0n) is 24.7. The largest absolute Gasteiger partial charge is 0.494 e. The van der Waals surface area contributed by atoms with Gasteiger partial charge < -0.3 is 19.5 Å². The number of amides is 1. The zero-order valence-corrected chi connectivity index (χ0v) is 24.7. The molecule has 0 atom stereocenters. The Morgan fingerprint density at radius 2 is 1.68 bits per heavy atom. The minimum atomic E-state index is -0.811. The summed E-state index contributed by atoms with van der Waals surface area (Å²) in [7, 11) is 1.46. The second-order valence-corrected chi connectivity index (χ2v) is 11.3. The van der Waals surface area contributed by atoms with Crippen molar-refractivity contribution in [2.24, 2.45) is 0 Å². The van der Waals surface area contributed by atoms with Crippen LogP contribution in [0.1, 0.15) is 66.8 Å². The smallest absolute Gasteiger partial charge is 0.296 e. The van der Waals surface area contributed by atoms with Crippen LogP contribution in [0.3, 0.4) is 0 Å². The van der Waals surface area contributed by atoms with Crippen LogP contribution in [0.5, 0.6) is 11.5 Å². The van der Waals surface area contributed by atoms with Crippen molar-refractivity contribution >= 4 is 33.9 Å². The summed E-state index contributed by atoms with van der Waals surface area (Å²) < 4.78 is 17.1. The maximum absolute atomic E-state index is 13.5. The molecule has 1 aliphatic rings. The molecule has 1 aliphatic heterocycles. The van der Waals surface area contributed by atoms with Gasteiger partial charge in [0.1, 0.15) is 12.4 Å². The quantitative estimate of drug-likeness (QED) is 0.239. The first-order chi connectivity index (χ1) is 19.6. The number of rotatable bonds is 11. The number of Topliss-reactive ketones (excluding diaryl/α,β-unsaturated/α-hetero) is 2. The van der Waals surface area contributed by atoms with Gasteiger partial charge in [0.2, 0.25) is 0 Å². The number of methoxy groups -OCH3 is 1. The SMILES string of the molecule is CCCC(=O)c1cc(C(C)(C)C)cc(NC(=O)C(=O)c2ccc(OCCN3CCOCC3)c3ccccc23)c1OC. The topological polar surface area (TPSA) is 94.2 Å². The molecule has 8 nitrogen and oxygen atoms in total. The standard InChI is InChI=1S/C33H40N2O6/c1-6-9-28(36)26-20-22(33(2,3)4)21-27(31(26)39-5)34-32(38)30(37)25-12-13-29(24-11-8-7-10-23(24)25)41-19-16-35-14-17-40-18-15-35/h7-8,10-13,20-21H,6,9,14-19H2,1-5H3,(H,34,38). The van der Waals surface area contributed by atoms with E-state index in [4.69, 9.17) is 14.2 Å². The van der Waals surface area contributed by atoms with Gasteiger partial charge in [-0.05, 0) is 47.1 Å². The number of carbonyl (C=O) groups excluding carboxylic acids is 3. The molecule has 0 aromatic heterocycles. The van der Waals surface area contributed by atoms with E-state index in [0.29, 0.717) is 41.8 Å². The first kappa shape index (κ1) is 30.2. The predicted molar refractivity (Wildman–Crippen MR) is 161 cm³/mol. The minimum absolute atomic E-state index is 0.0764. The summed E-state index contributed by atoms with van der Waals surface area (Å²) in [6.45, 7) is 12.5. The van der Waals surface area contributed by atoms with Crippen LogP contribution >= 0.6 is 0 Å². The van der Waals surface area contributed by atoms with Crippen molar-refractivity contribution in [2.75, 3.05) is 51.9 Å². The van der Waals surface area contributed by atoms with Gasteiger partial charge in [-0.2, -0.15) is 0 Å². The van der Waals surface area contributed by atoms with Gasteiger partial charge in [-0.15, -0.1) is 0 Å². The van der Waals surface area contributed by atoms with Crippen molar-refractivity contribution in [2.45, 2.75) is 46.0 Å². The van der Waals surface area contributed by atoms with E-state index in [9.17, 15) is 14.4 Å². The summed E-state index contributed by atoms with van der Waals surface area (Å²) in [5, 5.41) is 4.13. The second-order valence-electron chi connectivity index (χ2n) is 11.3. The van der Waals surface area contributed by atoms with Crippen molar-refractivity contribution in [3.63, 3.8) is 0 Å². The van der Waals surface area contributed by atoms with E-state index < -0.39 is 11.7 Å². The lowest BCUT2D eigenvalue weighted by Gasteiger charge is -2.26. The van der Waals surface area contributed by atoms with E-state index in [1.54, 1.807) is 18.2 Å². The van der Waals surface area contributed by atoms with Gasteiger partial charge in [0, 0.05) is 37.0 Å². The lowest BCUT2D eigenvalue weighted by Crippen LogP contribution is -2.38. The van der Waals surface area contributed by atoms with Crippen LogP contribution in [0.2, 0.25) is 0 Å². The normalized spacial score (nSPS) is 14.1. The fourth-order valence-corrected chi connectivity index (χ4v) is 4.95. The molecular weight excluding hydrogens is 520 g/mol. The third kappa shape index (κ3) is 7.13. The monoisotopic (exact) mass is 560 g/mol. The maximum Gasteiger partial charge on any atom is 0.296 e. The second kappa shape index (κ2) is 13.3. The molecule has 0 bridgehead atoms. The van der Waals surface area contributed by atoms with Crippen LogP contribution in [0.4, 0.5) is 5.69 Å². The summed E-state index contributed by atoms with van der Waals surface area (Å²) in [6.07, 6.45) is 1.03. The van der Waals surface area contributed by atoms with E-state index in [2.05, 4.69) is 10.2 Å². The molecule has 1 saturated heterocycles. The number of nitrogens with one attached hydrogen (secondary N) is 1. The number of carbonyl (C=O) groups is 3. The van der Waals surface area contributed by atoms with Gasteiger partial charge in [0.15, 0.2) is 11.5 Å². The van der Waals surface area contributed by atoms with E-state index in [1.165, 1.54) is 7.11 Å². The number of nitrogens with zero attached hydrogens (tertiary/aromatic N) is 1. The van der Waals surface area contributed by atoms with E-state index in [0.717, 1.165) is 43.8 Å². The number of morpholine rings is 1. The maximum atomic E-state index is 13.5. The molecule has 0 spiro atoms. The Labute approximate surface area is 242 Å². The highest BCUT2D eigenvalue weighted by Gasteiger charge is 2.26. The van der Waals surface area contributed by atoms with Crippen LogP contribution < -0.4 is 14.8 Å². The summed E-state index contributed by atoms with van der Waals surface area (Å²) in [6, 6.07) is 14.4. The Morgan fingerprint density at radius 3 is 2.34 bits per heavy atom. The molecule has 3 aromatic rings. The highest BCUT2D eigenvalue weighted by molar-refractivity contribution is 6.48. The van der Waals surface area contributed by atoms with Crippen LogP contribution in [-0.2, 0) is 14.9 Å². The molecular formula is C33H40N2O6. The average molecular weight is 561 g/mol. The molecule has 0 radical (unpaired) electrons. The Hall–Kier alpha value is -3.75. The average Bonchev–Trinajstić information content (AvgIpc) is 2.96. The van der Waals surface area contributed by atoms with Gasteiger partial charge in [0.05, 0.1) is 31.6 Å². The van der Waals surface area contributed by atoms with Crippen LogP contribution in [0.15, 0.2) is 48.5 Å². The molecule has 3 aromatic carbocycles. The van der Waals surface area contributed by atoms with Crippen molar-refractivity contribution in [3.05, 3.63) is 65.2 Å². The predicted octanol–water partition coefficient (Wildman–Crippen LogP) is 5.66. The lowest BCUT2D eigenvalue weighted by molar-refractivity contribution is -0.112.